The molecule has 0 radical (unpaired) electrons. The normalized spacial score (nSPS) is 16.5. The van der Waals surface area contributed by atoms with Crippen LogP contribution in [-0.2, 0) is 13.0 Å². The smallest absolute Gasteiger partial charge is 0.187 e. The number of rotatable bonds is 4. The summed E-state index contributed by atoms with van der Waals surface area (Å²) in [5.41, 5.74) is 5.43. The molecule has 4 heteroatoms. The zero-order chi connectivity index (χ0) is 19.6. The molecule has 0 bridgehead atoms. The molecule has 0 atom stereocenters. The Labute approximate surface area is 161 Å². The van der Waals surface area contributed by atoms with Crippen molar-refractivity contribution in [3.05, 3.63) is 76.4 Å². The van der Waals surface area contributed by atoms with Gasteiger partial charge in [-0.2, -0.15) is 5.26 Å². The lowest BCUT2D eigenvalue weighted by Crippen LogP contribution is -2.44. The van der Waals surface area contributed by atoms with Crippen molar-refractivity contribution >= 4 is 11.5 Å². The number of allylic oxidation sites excluding steroid dienone is 1. The van der Waals surface area contributed by atoms with Crippen LogP contribution in [0.1, 0.15) is 46.5 Å². The van der Waals surface area contributed by atoms with Gasteiger partial charge >= 0.3 is 0 Å². The highest BCUT2D eigenvalue weighted by Gasteiger charge is 2.28. The first-order valence-electron chi connectivity index (χ1n) is 9.09. The molecular formula is C23H25N3O. The summed E-state index contributed by atoms with van der Waals surface area (Å²) in [6.07, 6.45) is 2.59. The summed E-state index contributed by atoms with van der Waals surface area (Å²) in [5.74, 6) is -0.0661. The Bertz CT molecular complexity index is 931. The third-order valence-corrected chi connectivity index (χ3v) is 4.64. The summed E-state index contributed by atoms with van der Waals surface area (Å²) in [6.45, 7) is 5.14. The van der Waals surface area contributed by atoms with Gasteiger partial charge in [0.15, 0.2) is 5.78 Å². The molecule has 1 heterocycles. The molecular weight excluding hydrogens is 334 g/mol. The van der Waals surface area contributed by atoms with E-state index in [-0.39, 0.29) is 11.3 Å². The minimum absolute atomic E-state index is 0.0661. The van der Waals surface area contributed by atoms with E-state index in [1.807, 2.05) is 14.1 Å². The molecule has 0 fully saturated rings. The zero-order valence-corrected chi connectivity index (χ0v) is 16.3. The first-order chi connectivity index (χ1) is 12.8. The van der Waals surface area contributed by atoms with Crippen LogP contribution in [0.3, 0.4) is 0 Å². The maximum atomic E-state index is 12.8. The Morgan fingerprint density at radius 3 is 2.56 bits per heavy atom. The van der Waals surface area contributed by atoms with E-state index >= 15 is 0 Å². The van der Waals surface area contributed by atoms with Gasteiger partial charge in [0.1, 0.15) is 0 Å². The molecule has 0 aliphatic carbocycles. The van der Waals surface area contributed by atoms with Crippen LogP contribution in [0.4, 0.5) is 0 Å². The van der Waals surface area contributed by atoms with Crippen molar-refractivity contribution in [1.82, 2.24) is 10.2 Å². The van der Waals surface area contributed by atoms with E-state index in [9.17, 15) is 4.79 Å². The van der Waals surface area contributed by atoms with Gasteiger partial charge in [-0.05, 0) is 75.8 Å². The van der Waals surface area contributed by atoms with Gasteiger partial charge in [0.2, 0.25) is 0 Å². The molecule has 2 aromatic rings. The first kappa shape index (κ1) is 18.9. The van der Waals surface area contributed by atoms with Crippen molar-refractivity contribution in [2.45, 2.75) is 32.4 Å². The number of hydrogen-bond acceptors (Lipinski definition) is 4. The number of hydrogen-bond donors (Lipinski definition) is 1. The minimum Gasteiger partial charge on any atom is -0.379 e. The maximum Gasteiger partial charge on any atom is 0.187 e. The summed E-state index contributed by atoms with van der Waals surface area (Å²) in [4.78, 5) is 14.9. The summed E-state index contributed by atoms with van der Waals surface area (Å²) >= 11 is 0. The first-order valence-corrected chi connectivity index (χ1v) is 9.09. The van der Waals surface area contributed by atoms with E-state index in [0.717, 1.165) is 24.2 Å². The van der Waals surface area contributed by atoms with Crippen LogP contribution in [0.15, 0.2) is 48.5 Å². The highest BCUT2D eigenvalue weighted by atomic mass is 16.1. The zero-order valence-electron chi connectivity index (χ0n) is 16.3. The average Bonchev–Trinajstić information content (AvgIpc) is 2.61. The number of carbonyl (C=O) groups excluding carboxylic acids is 1. The molecule has 0 saturated heterocycles. The number of nitriles is 1. The van der Waals surface area contributed by atoms with E-state index in [2.05, 4.69) is 48.3 Å². The van der Waals surface area contributed by atoms with Crippen molar-refractivity contribution in [3.63, 3.8) is 0 Å². The molecule has 0 aromatic heterocycles. The van der Waals surface area contributed by atoms with E-state index in [0.29, 0.717) is 11.1 Å². The molecule has 0 amide bonds. The number of nitrogens with zero attached hydrogens (tertiary/aromatic N) is 2. The Morgan fingerprint density at radius 1 is 1.22 bits per heavy atom. The van der Waals surface area contributed by atoms with Crippen molar-refractivity contribution < 1.29 is 4.79 Å². The number of benzene rings is 2. The van der Waals surface area contributed by atoms with Gasteiger partial charge in [-0.15, -0.1) is 0 Å². The fourth-order valence-electron chi connectivity index (χ4n) is 3.48. The largest absolute Gasteiger partial charge is 0.379 e. The van der Waals surface area contributed by atoms with Crippen molar-refractivity contribution in [2.75, 3.05) is 14.1 Å². The number of fused-ring (bicyclic) bond motifs is 1. The van der Waals surface area contributed by atoms with Crippen LogP contribution in [0.25, 0.3) is 5.70 Å². The molecule has 4 nitrogen and oxygen atoms in total. The second-order valence-electron chi connectivity index (χ2n) is 8.03. The summed E-state index contributed by atoms with van der Waals surface area (Å²) in [7, 11) is 4.10. The van der Waals surface area contributed by atoms with E-state index < -0.39 is 0 Å². The van der Waals surface area contributed by atoms with Crippen LogP contribution >= 0.6 is 0 Å². The summed E-state index contributed by atoms with van der Waals surface area (Å²) in [5, 5.41) is 12.5. The van der Waals surface area contributed by atoms with Crippen molar-refractivity contribution in [1.29, 1.82) is 5.26 Å². The van der Waals surface area contributed by atoms with E-state index in [4.69, 9.17) is 5.26 Å². The molecule has 1 N–H and O–H groups in total. The van der Waals surface area contributed by atoms with Gasteiger partial charge in [-0.3, -0.25) is 4.79 Å². The Kier molecular flexibility index (Phi) is 5.16. The molecule has 0 spiro atoms. The molecule has 2 aromatic carbocycles. The third kappa shape index (κ3) is 4.45. The minimum atomic E-state index is -0.118. The highest BCUT2D eigenvalue weighted by Crippen LogP contribution is 2.31. The Balaban J connectivity index is 1.99. The fraction of sp³-hybridized carbons (Fsp3) is 0.304. The van der Waals surface area contributed by atoms with Gasteiger partial charge in [0, 0.05) is 35.0 Å². The van der Waals surface area contributed by atoms with Gasteiger partial charge < -0.3 is 10.2 Å². The molecule has 1 aliphatic heterocycles. The molecule has 3 rings (SSSR count). The summed E-state index contributed by atoms with van der Waals surface area (Å²) < 4.78 is 0. The lowest BCUT2D eigenvalue weighted by molar-refractivity contribution is 0.104. The molecule has 138 valence electrons. The lowest BCUT2D eigenvalue weighted by Gasteiger charge is -2.36. The van der Waals surface area contributed by atoms with Crippen molar-refractivity contribution in [2.24, 2.45) is 0 Å². The molecule has 0 saturated carbocycles. The van der Waals surface area contributed by atoms with Crippen molar-refractivity contribution in [3.8, 4) is 6.07 Å². The van der Waals surface area contributed by atoms with Crippen LogP contribution in [-0.4, -0.2) is 30.3 Å². The standard InChI is InChI=1S/C23H25N3O/c1-23(2)13-19-10-7-17(15-26(3)4)11-20(19)21(25-23)12-22(27)18-8-5-16(14-24)6-9-18/h5-12,25H,13,15H2,1-4H3. The third-order valence-electron chi connectivity index (χ3n) is 4.64. The number of ketones is 1. The molecule has 27 heavy (non-hydrogen) atoms. The molecule has 1 aliphatic rings. The van der Waals surface area contributed by atoms with E-state index in [1.54, 1.807) is 30.3 Å². The van der Waals surface area contributed by atoms with Crippen LogP contribution in [0, 0.1) is 11.3 Å². The monoisotopic (exact) mass is 359 g/mol. The van der Waals surface area contributed by atoms with Gasteiger partial charge in [-0.1, -0.05) is 12.1 Å². The fourth-order valence-corrected chi connectivity index (χ4v) is 3.48. The number of nitrogens with one attached hydrogen (secondary N) is 1. The predicted octanol–water partition coefficient (Wildman–Crippen LogP) is 3.77. The Hall–Kier alpha value is -2.90. The second-order valence-corrected chi connectivity index (χ2v) is 8.03. The maximum absolute atomic E-state index is 12.8. The second kappa shape index (κ2) is 7.38. The van der Waals surface area contributed by atoms with Gasteiger partial charge in [0.05, 0.1) is 11.6 Å². The predicted molar refractivity (Wildman–Crippen MR) is 108 cm³/mol. The van der Waals surface area contributed by atoms with Gasteiger partial charge in [0.25, 0.3) is 0 Å². The average molecular weight is 359 g/mol. The van der Waals surface area contributed by atoms with Crippen LogP contribution in [0.2, 0.25) is 0 Å². The van der Waals surface area contributed by atoms with Gasteiger partial charge in [-0.25, -0.2) is 0 Å². The quantitative estimate of drug-likeness (QED) is 0.667. The van der Waals surface area contributed by atoms with E-state index in [1.165, 1.54) is 11.1 Å². The van der Waals surface area contributed by atoms with Crippen LogP contribution in [0.5, 0.6) is 0 Å². The Morgan fingerprint density at radius 2 is 1.93 bits per heavy atom. The SMILES string of the molecule is CN(C)Cc1ccc2c(c1)C(=CC(=O)c1ccc(C#N)cc1)NC(C)(C)C2. The highest BCUT2D eigenvalue weighted by molar-refractivity contribution is 6.08. The lowest BCUT2D eigenvalue weighted by atomic mass is 9.84. The van der Waals surface area contributed by atoms with Crippen LogP contribution < -0.4 is 5.32 Å². The topological polar surface area (TPSA) is 56.1 Å². The summed E-state index contributed by atoms with van der Waals surface area (Å²) in [6, 6.07) is 15.4. The molecule has 0 unspecified atom stereocenters. The number of carbonyl (C=O) groups is 1.